The summed E-state index contributed by atoms with van der Waals surface area (Å²) in [5.41, 5.74) is 2.04. The molecule has 0 spiro atoms. The lowest BCUT2D eigenvalue weighted by Crippen LogP contribution is -2.38. The third kappa shape index (κ3) is 3.98. The van der Waals surface area contributed by atoms with Crippen LogP contribution >= 0.6 is 11.3 Å². The van der Waals surface area contributed by atoms with E-state index in [1.165, 1.54) is 16.7 Å². The van der Waals surface area contributed by atoms with Gasteiger partial charge >= 0.3 is 11.9 Å². The number of thiazole rings is 1. The molecule has 3 aromatic carbocycles. The van der Waals surface area contributed by atoms with Gasteiger partial charge in [-0.25, -0.2) is 4.98 Å². The normalized spacial score (nSPS) is 11.3. The molecule has 1 aromatic heterocycles. The molecule has 32 heavy (non-hydrogen) atoms. The number of aromatic nitrogens is 1. The van der Waals surface area contributed by atoms with Crippen LogP contribution in [-0.4, -0.2) is 27.1 Å². The number of rotatable bonds is 8. The largest absolute Gasteiger partial charge is 0.480 e. The van der Waals surface area contributed by atoms with Crippen molar-refractivity contribution >= 4 is 28.4 Å². The van der Waals surface area contributed by atoms with Crippen molar-refractivity contribution in [1.29, 1.82) is 0 Å². The summed E-state index contributed by atoms with van der Waals surface area (Å²) in [5.74, 6) is -4.62. The molecular weight excluding hydrogens is 424 g/mol. The second-order valence-electron chi connectivity index (χ2n) is 7.16. The number of benzene rings is 3. The molecule has 3 N–H and O–H groups in total. The molecule has 4 aromatic rings. The van der Waals surface area contributed by atoms with E-state index in [9.17, 15) is 19.8 Å². The summed E-state index contributed by atoms with van der Waals surface area (Å²) < 4.78 is 0. The van der Waals surface area contributed by atoms with E-state index in [0.29, 0.717) is 5.13 Å². The summed E-state index contributed by atoms with van der Waals surface area (Å²) in [6, 6.07) is 29.6. The van der Waals surface area contributed by atoms with Gasteiger partial charge in [0.1, 0.15) is 5.54 Å². The first-order valence-corrected chi connectivity index (χ1v) is 10.8. The Morgan fingerprint density at radius 2 is 1.16 bits per heavy atom. The molecule has 0 aliphatic rings. The quantitative estimate of drug-likeness (QED) is 0.267. The molecule has 6 nitrogen and oxygen atoms in total. The van der Waals surface area contributed by atoms with Gasteiger partial charge in [-0.3, -0.25) is 9.59 Å². The molecule has 0 aliphatic carbocycles. The minimum Gasteiger partial charge on any atom is -0.480 e. The zero-order valence-corrected chi connectivity index (χ0v) is 17.7. The molecule has 0 unspecified atom stereocenters. The molecule has 0 atom stereocenters. The first kappa shape index (κ1) is 21.3. The Hall–Kier alpha value is -3.97. The van der Waals surface area contributed by atoms with Gasteiger partial charge in [-0.05, 0) is 16.7 Å². The average Bonchev–Trinajstić information content (AvgIpc) is 3.26. The van der Waals surface area contributed by atoms with Crippen molar-refractivity contribution in [2.45, 2.75) is 11.5 Å². The summed E-state index contributed by atoms with van der Waals surface area (Å²) in [4.78, 5) is 27.3. The van der Waals surface area contributed by atoms with Gasteiger partial charge in [-0.2, -0.15) is 0 Å². The van der Waals surface area contributed by atoms with Gasteiger partial charge in [0.15, 0.2) is 11.0 Å². The second kappa shape index (κ2) is 9.03. The summed E-state index contributed by atoms with van der Waals surface area (Å²) in [6.45, 7) is 0. The molecule has 7 heteroatoms. The fourth-order valence-corrected chi connectivity index (χ4v) is 4.57. The molecule has 0 saturated heterocycles. The summed E-state index contributed by atoms with van der Waals surface area (Å²) in [7, 11) is 0. The Kier molecular flexibility index (Phi) is 6.00. The molecule has 4 rings (SSSR count). The fraction of sp³-hybridized carbons (Fsp3) is 0.0800. The van der Waals surface area contributed by atoms with Crippen molar-refractivity contribution in [3.05, 3.63) is 119 Å². The first-order valence-electron chi connectivity index (χ1n) is 9.88. The monoisotopic (exact) mass is 444 g/mol. The Balaban J connectivity index is 1.90. The molecule has 0 saturated carbocycles. The number of nitrogens with one attached hydrogen (secondary N) is 1. The molecular formula is C25H20N2O4S. The maximum atomic E-state index is 11.5. The van der Waals surface area contributed by atoms with E-state index in [1.54, 1.807) is 0 Å². The third-order valence-electron chi connectivity index (χ3n) is 5.23. The lowest BCUT2D eigenvalue weighted by atomic mass is 9.77. The highest BCUT2D eigenvalue weighted by Gasteiger charge is 2.38. The van der Waals surface area contributed by atoms with Crippen molar-refractivity contribution in [2.24, 2.45) is 0 Å². The predicted octanol–water partition coefficient (Wildman–Crippen LogP) is 4.80. The summed E-state index contributed by atoms with van der Waals surface area (Å²) >= 11 is 1.17. The first-order chi connectivity index (χ1) is 15.5. The molecule has 0 fully saturated rings. The highest BCUT2D eigenvalue weighted by Crippen LogP contribution is 2.40. The SMILES string of the molecule is O=C(O)C(C(=O)O)c1csc(NC(c2ccccc2)(c2ccccc2)c2ccccc2)n1. The molecule has 160 valence electrons. The number of carboxylic acids is 2. The molecule has 0 bridgehead atoms. The standard InChI is InChI=1S/C25H20N2O4S/c28-22(29)21(23(30)31)20-16-32-24(26-20)27-25(17-10-4-1-5-11-17,18-12-6-2-7-13-18)19-14-8-3-9-15-19/h1-16,21H,(H,26,27)(H,28,29)(H,30,31). The molecule has 1 heterocycles. The van der Waals surface area contributed by atoms with E-state index in [-0.39, 0.29) is 5.69 Å². The average molecular weight is 445 g/mol. The van der Waals surface area contributed by atoms with E-state index in [0.717, 1.165) is 16.7 Å². The number of aliphatic carboxylic acids is 2. The Morgan fingerprint density at radius 1 is 0.750 bits per heavy atom. The number of carboxylic acid groups (broad SMARTS) is 2. The minimum absolute atomic E-state index is 0.0133. The van der Waals surface area contributed by atoms with Crippen LogP contribution in [0, 0.1) is 0 Å². The number of anilines is 1. The van der Waals surface area contributed by atoms with Crippen molar-refractivity contribution in [1.82, 2.24) is 4.98 Å². The lowest BCUT2D eigenvalue weighted by Gasteiger charge is -2.36. The van der Waals surface area contributed by atoms with Gasteiger partial charge in [0.2, 0.25) is 0 Å². The van der Waals surface area contributed by atoms with Crippen LogP contribution in [0.15, 0.2) is 96.4 Å². The van der Waals surface area contributed by atoms with Gasteiger partial charge in [-0.15, -0.1) is 11.3 Å². The lowest BCUT2D eigenvalue weighted by molar-refractivity contribution is -0.150. The Morgan fingerprint density at radius 3 is 1.53 bits per heavy atom. The van der Waals surface area contributed by atoms with Crippen LogP contribution in [0.25, 0.3) is 0 Å². The molecule has 0 aliphatic heterocycles. The minimum atomic E-state index is -1.72. The Labute approximate surface area is 188 Å². The van der Waals surface area contributed by atoms with Gasteiger partial charge in [0.05, 0.1) is 5.69 Å². The second-order valence-corrected chi connectivity index (χ2v) is 8.02. The van der Waals surface area contributed by atoms with Crippen LogP contribution < -0.4 is 5.32 Å². The number of carbonyl (C=O) groups is 2. The van der Waals surface area contributed by atoms with Crippen LogP contribution in [0.2, 0.25) is 0 Å². The summed E-state index contributed by atoms with van der Waals surface area (Å²) in [5, 5.41) is 24.1. The highest BCUT2D eigenvalue weighted by molar-refractivity contribution is 7.13. The molecule has 0 amide bonds. The van der Waals surface area contributed by atoms with Crippen LogP contribution in [0.1, 0.15) is 28.3 Å². The Bertz CT molecular complexity index is 1100. The predicted molar refractivity (Wildman–Crippen MR) is 123 cm³/mol. The van der Waals surface area contributed by atoms with E-state index in [1.807, 2.05) is 91.0 Å². The van der Waals surface area contributed by atoms with E-state index in [4.69, 9.17) is 0 Å². The third-order valence-corrected chi connectivity index (χ3v) is 6.00. The van der Waals surface area contributed by atoms with Crippen LogP contribution in [0.4, 0.5) is 5.13 Å². The maximum Gasteiger partial charge on any atom is 0.324 e. The van der Waals surface area contributed by atoms with Gasteiger partial charge in [0.25, 0.3) is 0 Å². The number of hydrogen-bond donors (Lipinski definition) is 3. The van der Waals surface area contributed by atoms with Crippen molar-refractivity contribution in [3.63, 3.8) is 0 Å². The van der Waals surface area contributed by atoms with E-state index < -0.39 is 23.4 Å². The topological polar surface area (TPSA) is 99.5 Å². The van der Waals surface area contributed by atoms with Crippen molar-refractivity contribution in [3.8, 4) is 0 Å². The highest BCUT2D eigenvalue weighted by atomic mass is 32.1. The van der Waals surface area contributed by atoms with Crippen LogP contribution in [0.3, 0.4) is 0 Å². The maximum absolute atomic E-state index is 11.5. The fourth-order valence-electron chi connectivity index (χ4n) is 3.78. The zero-order valence-electron chi connectivity index (χ0n) is 16.9. The van der Waals surface area contributed by atoms with Crippen LogP contribution in [-0.2, 0) is 15.1 Å². The van der Waals surface area contributed by atoms with Crippen molar-refractivity contribution < 1.29 is 19.8 Å². The summed E-state index contributed by atoms with van der Waals surface area (Å²) in [6.07, 6.45) is 0. The van der Waals surface area contributed by atoms with Crippen LogP contribution in [0.5, 0.6) is 0 Å². The van der Waals surface area contributed by atoms with Crippen molar-refractivity contribution in [2.75, 3.05) is 5.32 Å². The van der Waals surface area contributed by atoms with Gasteiger partial charge < -0.3 is 15.5 Å². The zero-order chi connectivity index (χ0) is 22.6. The smallest absolute Gasteiger partial charge is 0.324 e. The van der Waals surface area contributed by atoms with E-state index >= 15 is 0 Å². The van der Waals surface area contributed by atoms with Gasteiger partial charge in [0, 0.05) is 5.38 Å². The van der Waals surface area contributed by atoms with E-state index in [2.05, 4.69) is 10.3 Å². The molecule has 0 radical (unpaired) electrons. The number of nitrogens with zero attached hydrogens (tertiary/aromatic N) is 1. The van der Waals surface area contributed by atoms with Gasteiger partial charge in [-0.1, -0.05) is 91.0 Å². The number of hydrogen-bond acceptors (Lipinski definition) is 5.